The number of hydrogen-bond acceptors (Lipinski definition) is 3. The van der Waals surface area contributed by atoms with Crippen molar-refractivity contribution in [3.63, 3.8) is 0 Å². The number of rotatable bonds is 11. The first-order valence-corrected chi connectivity index (χ1v) is 14.8. The van der Waals surface area contributed by atoms with E-state index in [9.17, 15) is 9.59 Å². The number of carbonyl (C=O) groups excluding carboxylic acids is 2. The maximum absolute atomic E-state index is 13.9. The summed E-state index contributed by atoms with van der Waals surface area (Å²) in [5, 5.41) is 3.28. The van der Waals surface area contributed by atoms with Crippen LogP contribution in [-0.2, 0) is 29.0 Å². The molecule has 0 unspecified atom stereocenters. The van der Waals surface area contributed by atoms with E-state index in [0.717, 1.165) is 53.3 Å². The lowest BCUT2D eigenvalue weighted by molar-refractivity contribution is -0.143. The summed E-state index contributed by atoms with van der Waals surface area (Å²) in [6.45, 7) is 4.31. The van der Waals surface area contributed by atoms with Crippen molar-refractivity contribution in [2.75, 3.05) is 6.61 Å². The molecule has 0 spiro atoms. The Morgan fingerprint density at radius 1 is 0.949 bits per heavy atom. The lowest BCUT2D eigenvalue weighted by atomic mass is 9.94. The fraction of sp³-hybridized carbons (Fsp3) is 0.394. The van der Waals surface area contributed by atoms with E-state index in [-0.39, 0.29) is 24.5 Å². The first-order valence-electron chi connectivity index (χ1n) is 14.0. The van der Waals surface area contributed by atoms with Crippen molar-refractivity contribution in [3.8, 4) is 5.75 Å². The predicted molar refractivity (Wildman–Crippen MR) is 160 cm³/mol. The molecule has 6 heteroatoms. The van der Waals surface area contributed by atoms with Crippen molar-refractivity contribution < 1.29 is 14.3 Å². The Kier molecular flexibility index (Phi) is 10.6. The van der Waals surface area contributed by atoms with Gasteiger partial charge in [0, 0.05) is 19.0 Å². The van der Waals surface area contributed by atoms with Crippen molar-refractivity contribution in [1.29, 1.82) is 0 Å². The average Bonchev–Trinajstić information content (AvgIpc) is 2.96. The number of aryl methyl sites for hydroxylation is 2. The Hall–Kier alpha value is -3.12. The standard InChI is InChI=1S/C33H39BrN2O3/c1-3-25-18-19-31(29(34)20-25)39-23-32(37)36(22-27-16-14-24(2)15-17-27)30(21-26-10-6-4-7-11-26)33(38)35-28-12-8-5-9-13-28/h4,6-7,10-11,14-20,28,30H,3,5,8-9,12-13,21-23H2,1-2H3,(H,35,38)/t30-/m0/s1. The van der Waals surface area contributed by atoms with Gasteiger partial charge in [0.05, 0.1) is 4.47 Å². The van der Waals surface area contributed by atoms with Gasteiger partial charge in [0.25, 0.3) is 5.91 Å². The van der Waals surface area contributed by atoms with E-state index in [0.29, 0.717) is 18.7 Å². The van der Waals surface area contributed by atoms with Crippen LogP contribution in [0.15, 0.2) is 77.3 Å². The van der Waals surface area contributed by atoms with Gasteiger partial charge in [-0.1, -0.05) is 92.4 Å². The Labute approximate surface area is 241 Å². The highest BCUT2D eigenvalue weighted by Gasteiger charge is 2.32. The van der Waals surface area contributed by atoms with Gasteiger partial charge in [-0.25, -0.2) is 0 Å². The van der Waals surface area contributed by atoms with Gasteiger partial charge in [0.1, 0.15) is 11.8 Å². The van der Waals surface area contributed by atoms with Gasteiger partial charge < -0.3 is 15.0 Å². The van der Waals surface area contributed by atoms with Crippen LogP contribution in [0.3, 0.4) is 0 Å². The molecule has 206 valence electrons. The van der Waals surface area contributed by atoms with Crippen LogP contribution in [0.2, 0.25) is 0 Å². The highest BCUT2D eigenvalue weighted by atomic mass is 79.9. The van der Waals surface area contributed by atoms with E-state index < -0.39 is 6.04 Å². The van der Waals surface area contributed by atoms with Crippen LogP contribution < -0.4 is 10.1 Å². The van der Waals surface area contributed by atoms with Crippen molar-refractivity contribution in [2.45, 2.75) is 77.4 Å². The normalized spacial score (nSPS) is 14.4. The summed E-state index contributed by atoms with van der Waals surface area (Å²) in [6, 6.07) is 23.5. The minimum atomic E-state index is -0.655. The van der Waals surface area contributed by atoms with Crippen LogP contribution in [0.4, 0.5) is 0 Å². The Balaban J connectivity index is 1.60. The number of halogens is 1. The fourth-order valence-corrected chi connectivity index (χ4v) is 5.63. The Bertz CT molecular complexity index is 1220. The summed E-state index contributed by atoms with van der Waals surface area (Å²) < 4.78 is 6.81. The molecule has 3 aromatic rings. The van der Waals surface area contributed by atoms with Crippen LogP contribution in [0.5, 0.6) is 5.75 Å². The zero-order valence-corrected chi connectivity index (χ0v) is 24.6. The van der Waals surface area contributed by atoms with E-state index in [2.05, 4.69) is 28.2 Å². The maximum atomic E-state index is 13.9. The quantitative estimate of drug-likeness (QED) is 0.267. The van der Waals surface area contributed by atoms with Gasteiger partial charge in [0.2, 0.25) is 5.91 Å². The molecule has 0 saturated heterocycles. The zero-order chi connectivity index (χ0) is 27.6. The number of hydrogen-bond donors (Lipinski definition) is 1. The van der Waals surface area contributed by atoms with E-state index in [1.54, 1.807) is 4.90 Å². The van der Waals surface area contributed by atoms with Crippen LogP contribution in [0, 0.1) is 6.92 Å². The van der Waals surface area contributed by atoms with Gasteiger partial charge >= 0.3 is 0 Å². The van der Waals surface area contributed by atoms with Gasteiger partial charge in [-0.3, -0.25) is 9.59 Å². The molecule has 3 aromatic carbocycles. The minimum absolute atomic E-state index is 0.0975. The molecule has 1 N–H and O–H groups in total. The van der Waals surface area contributed by atoms with E-state index in [1.807, 2.05) is 79.7 Å². The molecule has 0 radical (unpaired) electrons. The number of ether oxygens (including phenoxy) is 1. The van der Waals surface area contributed by atoms with Crippen molar-refractivity contribution >= 4 is 27.7 Å². The molecule has 1 saturated carbocycles. The third kappa shape index (κ3) is 8.43. The number of carbonyl (C=O) groups is 2. The van der Waals surface area contributed by atoms with Crippen LogP contribution in [0.25, 0.3) is 0 Å². The molecular formula is C33H39BrN2O3. The minimum Gasteiger partial charge on any atom is -0.483 e. The average molecular weight is 592 g/mol. The molecule has 2 amide bonds. The fourth-order valence-electron chi connectivity index (χ4n) is 5.09. The summed E-state index contributed by atoms with van der Waals surface area (Å²) in [5.74, 6) is 0.295. The molecule has 1 atom stereocenters. The number of amides is 2. The first-order chi connectivity index (χ1) is 18.9. The first kappa shape index (κ1) is 28.9. The van der Waals surface area contributed by atoms with Crippen molar-refractivity contribution in [3.05, 3.63) is 99.5 Å². The summed E-state index contributed by atoms with van der Waals surface area (Å²) >= 11 is 3.57. The highest BCUT2D eigenvalue weighted by Crippen LogP contribution is 2.27. The molecular weight excluding hydrogens is 552 g/mol. The molecule has 39 heavy (non-hydrogen) atoms. The third-order valence-corrected chi connectivity index (χ3v) is 8.07. The molecule has 0 bridgehead atoms. The largest absolute Gasteiger partial charge is 0.483 e. The highest BCUT2D eigenvalue weighted by molar-refractivity contribution is 9.10. The lowest BCUT2D eigenvalue weighted by Crippen LogP contribution is -2.53. The second-order valence-corrected chi connectivity index (χ2v) is 11.3. The van der Waals surface area contributed by atoms with Crippen LogP contribution in [-0.4, -0.2) is 35.4 Å². The second-order valence-electron chi connectivity index (χ2n) is 10.5. The molecule has 0 aliphatic heterocycles. The second kappa shape index (κ2) is 14.3. The Morgan fingerprint density at radius 2 is 1.64 bits per heavy atom. The van der Waals surface area contributed by atoms with Crippen molar-refractivity contribution in [2.24, 2.45) is 0 Å². The third-order valence-electron chi connectivity index (χ3n) is 7.45. The number of benzene rings is 3. The topological polar surface area (TPSA) is 58.6 Å². The van der Waals surface area contributed by atoms with Gasteiger partial charge in [-0.15, -0.1) is 0 Å². The van der Waals surface area contributed by atoms with Gasteiger partial charge in [-0.05, 0) is 70.9 Å². The van der Waals surface area contributed by atoms with E-state index >= 15 is 0 Å². The lowest BCUT2D eigenvalue weighted by Gasteiger charge is -2.33. The maximum Gasteiger partial charge on any atom is 0.261 e. The van der Waals surface area contributed by atoms with Crippen LogP contribution >= 0.6 is 15.9 Å². The molecule has 1 aliphatic rings. The summed E-state index contributed by atoms with van der Waals surface area (Å²) in [6.07, 6.45) is 6.79. The van der Waals surface area contributed by atoms with Crippen LogP contribution in [0.1, 0.15) is 61.3 Å². The molecule has 1 fully saturated rings. The summed E-state index contributed by atoms with van der Waals surface area (Å²) in [4.78, 5) is 29.4. The molecule has 5 nitrogen and oxygen atoms in total. The molecule has 4 rings (SSSR count). The summed E-state index contributed by atoms with van der Waals surface area (Å²) in [7, 11) is 0. The molecule has 0 heterocycles. The number of nitrogens with zero attached hydrogens (tertiary/aromatic N) is 1. The molecule has 1 aliphatic carbocycles. The monoisotopic (exact) mass is 590 g/mol. The smallest absolute Gasteiger partial charge is 0.261 e. The Morgan fingerprint density at radius 3 is 2.31 bits per heavy atom. The number of nitrogens with one attached hydrogen (secondary N) is 1. The zero-order valence-electron chi connectivity index (χ0n) is 23.0. The predicted octanol–water partition coefficient (Wildman–Crippen LogP) is 6.79. The van der Waals surface area contributed by atoms with Gasteiger partial charge in [0.15, 0.2) is 6.61 Å². The van der Waals surface area contributed by atoms with Gasteiger partial charge in [-0.2, -0.15) is 0 Å². The van der Waals surface area contributed by atoms with Crippen molar-refractivity contribution in [1.82, 2.24) is 10.2 Å². The van der Waals surface area contributed by atoms with E-state index in [4.69, 9.17) is 4.74 Å². The molecule has 0 aromatic heterocycles. The SMILES string of the molecule is CCc1ccc(OCC(=O)N(Cc2ccc(C)cc2)[C@@H](Cc2ccccc2)C(=O)NC2CCCCC2)c(Br)c1. The van der Waals surface area contributed by atoms with E-state index in [1.165, 1.54) is 12.0 Å². The summed E-state index contributed by atoms with van der Waals surface area (Å²) in [5.41, 5.74) is 4.33.